The second-order valence-electron chi connectivity index (χ2n) is 4.67. The van der Waals surface area contributed by atoms with E-state index in [1.165, 1.54) is 0 Å². The average Bonchev–Trinajstić information content (AvgIpc) is 2.52. The molecule has 0 aliphatic carbocycles. The Morgan fingerprint density at radius 2 is 1.62 bits per heavy atom. The third kappa shape index (κ3) is 3.93. The quantitative estimate of drug-likeness (QED) is 0.630. The highest BCUT2D eigenvalue weighted by atomic mass is 16.4. The van der Waals surface area contributed by atoms with Gasteiger partial charge in [-0.2, -0.15) is 0 Å². The molecular weight excluding hydrogens is 260 g/mol. The van der Waals surface area contributed by atoms with E-state index in [2.05, 4.69) is 0 Å². The van der Waals surface area contributed by atoms with Gasteiger partial charge in [0.1, 0.15) is 0 Å². The number of hydrogen-bond acceptors (Lipinski definition) is 1. The molecule has 106 valence electrons. The molecule has 0 aliphatic rings. The van der Waals surface area contributed by atoms with E-state index in [1.54, 1.807) is 12.2 Å². The molecule has 21 heavy (non-hydrogen) atoms. The third-order valence-corrected chi connectivity index (χ3v) is 3.17. The van der Waals surface area contributed by atoms with Crippen molar-refractivity contribution in [2.45, 2.75) is 13.3 Å². The van der Waals surface area contributed by atoms with Crippen molar-refractivity contribution in [3.63, 3.8) is 0 Å². The molecule has 2 aromatic carbocycles. The van der Waals surface area contributed by atoms with Crippen molar-refractivity contribution < 1.29 is 9.90 Å². The first kappa shape index (κ1) is 14.8. The van der Waals surface area contributed by atoms with E-state index < -0.39 is 5.97 Å². The van der Waals surface area contributed by atoms with Crippen LogP contribution in [0.2, 0.25) is 0 Å². The van der Waals surface area contributed by atoms with Crippen LogP contribution in [0.4, 0.5) is 0 Å². The lowest BCUT2D eigenvalue weighted by Gasteiger charge is -2.05. The minimum absolute atomic E-state index is 0.305. The molecule has 0 aromatic heterocycles. The van der Waals surface area contributed by atoms with Crippen LogP contribution in [0.25, 0.3) is 16.7 Å². The SMILES string of the molecule is CCC=CC=C(C(=O)O)c1ccc(-c2ccccc2)cc1. The van der Waals surface area contributed by atoms with Crippen LogP contribution in [0.15, 0.2) is 72.8 Å². The second-order valence-corrected chi connectivity index (χ2v) is 4.67. The van der Waals surface area contributed by atoms with E-state index >= 15 is 0 Å². The van der Waals surface area contributed by atoms with Gasteiger partial charge >= 0.3 is 5.97 Å². The Bertz CT molecular complexity index is 650. The van der Waals surface area contributed by atoms with Crippen molar-refractivity contribution in [1.29, 1.82) is 0 Å². The van der Waals surface area contributed by atoms with Crippen LogP contribution >= 0.6 is 0 Å². The topological polar surface area (TPSA) is 37.3 Å². The first-order chi connectivity index (χ1) is 10.2. The van der Waals surface area contributed by atoms with E-state index in [0.29, 0.717) is 11.1 Å². The van der Waals surface area contributed by atoms with Gasteiger partial charge in [-0.15, -0.1) is 0 Å². The van der Waals surface area contributed by atoms with Crippen LogP contribution < -0.4 is 0 Å². The van der Waals surface area contributed by atoms with E-state index in [0.717, 1.165) is 17.5 Å². The van der Waals surface area contributed by atoms with Crippen molar-refractivity contribution in [2.24, 2.45) is 0 Å². The van der Waals surface area contributed by atoms with Crippen molar-refractivity contribution in [2.75, 3.05) is 0 Å². The molecule has 2 aromatic rings. The van der Waals surface area contributed by atoms with Crippen molar-refractivity contribution in [1.82, 2.24) is 0 Å². The molecule has 2 rings (SSSR count). The van der Waals surface area contributed by atoms with Gasteiger partial charge in [-0.05, 0) is 29.2 Å². The Labute approximate surface area is 125 Å². The fourth-order valence-electron chi connectivity index (χ4n) is 2.06. The van der Waals surface area contributed by atoms with E-state index in [9.17, 15) is 9.90 Å². The summed E-state index contributed by atoms with van der Waals surface area (Å²) in [4.78, 5) is 11.3. The lowest BCUT2D eigenvalue weighted by Crippen LogP contribution is -1.99. The van der Waals surface area contributed by atoms with E-state index in [-0.39, 0.29) is 0 Å². The first-order valence-electron chi connectivity index (χ1n) is 6.98. The predicted molar refractivity (Wildman–Crippen MR) is 86.9 cm³/mol. The monoisotopic (exact) mass is 278 g/mol. The average molecular weight is 278 g/mol. The second kappa shape index (κ2) is 7.25. The first-order valence-corrected chi connectivity index (χ1v) is 6.98. The van der Waals surface area contributed by atoms with Crippen molar-refractivity contribution in [3.8, 4) is 11.1 Å². The Kier molecular flexibility index (Phi) is 5.10. The molecule has 0 spiro atoms. The van der Waals surface area contributed by atoms with Gasteiger partial charge < -0.3 is 5.11 Å². The van der Waals surface area contributed by atoms with Crippen LogP contribution in [0, 0.1) is 0 Å². The number of benzene rings is 2. The number of rotatable bonds is 5. The summed E-state index contributed by atoms with van der Waals surface area (Å²) in [6.45, 7) is 2.01. The molecule has 0 unspecified atom stereocenters. The zero-order valence-electron chi connectivity index (χ0n) is 12.0. The molecule has 0 saturated heterocycles. The summed E-state index contributed by atoms with van der Waals surface area (Å²) in [5.74, 6) is -0.914. The summed E-state index contributed by atoms with van der Waals surface area (Å²) in [6.07, 6.45) is 6.25. The molecule has 2 heteroatoms. The van der Waals surface area contributed by atoms with Gasteiger partial charge in [-0.3, -0.25) is 0 Å². The molecule has 0 fully saturated rings. The standard InChI is InChI=1S/C19H18O2/c1-2-3-5-10-18(19(20)21)17-13-11-16(12-14-17)15-8-6-4-7-9-15/h3-14H,2H2,1H3,(H,20,21). The fraction of sp³-hybridized carbons (Fsp3) is 0.105. The molecule has 2 nitrogen and oxygen atoms in total. The number of carboxylic acids is 1. The van der Waals surface area contributed by atoms with Gasteiger partial charge in [0.05, 0.1) is 5.57 Å². The molecule has 0 bridgehead atoms. The number of carboxylic acid groups (broad SMARTS) is 1. The number of aliphatic carboxylic acids is 1. The Morgan fingerprint density at radius 3 is 2.19 bits per heavy atom. The highest BCUT2D eigenvalue weighted by molar-refractivity contribution is 6.15. The summed E-state index contributed by atoms with van der Waals surface area (Å²) in [5, 5.41) is 9.31. The lowest BCUT2D eigenvalue weighted by molar-refractivity contribution is -0.130. The van der Waals surface area contributed by atoms with E-state index in [1.807, 2.05) is 67.6 Å². The van der Waals surface area contributed by atoms with Gasteiger partial charge in [0.25, 0.3) is 0 Å². The predicted octanol–water partition coefficient (Wildman–Crippen LogP) is 4.79. The van der Waals surface area contributed by atoms with Gasteiger partial charge in [0.15, 0.2) is 0 Å². The molecule has 0 aliphatic heterocycles. The van der Waals surface area contributed by atoms with Crippen LogP contribution in [0.1, 0.15) is 18.9 Å². The van der Waals surface area contributed by atoms with Gasteiger partial charge in [-0.1, -0.05) is 73.7 Å². The third-order valence-electron chi connectivity index (χ3n) is 3.17. The molecular formula is C19H18O2. The summed E-state index contributed by atoms with van der Waals surface area (Å²) >= 11 is 0. The highest BCUT2D eigenvalue weighted by Crippen LogP contribution is 2.22. The highest BCUT2D eigenvalue weighted by Gasteiger charge is 2.09. The number of hydrogen-bond donors (Lipinski definition) is 1. The van der Waals surface area contributed by atoms with Crippen LogP contribution in [-0.2, 0) is 4.79 Å². The Hall–Kier alpha value is -2.61. The van der Waals surface area contributed by atoms with Crippen LogP contribution in [0.5, 0.6) is 0 Å². The molecule has 0 heterocycles. The molecule has 0 atom stereocenters. The normalized spacial score (nSPS) is 11.8. The summed E-state index contributed by atoms with van der Waals surface area (Å²) < 4.78 is 0. The summed E-state index contributed by atoms with van der Waals surface area (Å²) in [7, 11) is 0. The van der Waals surface area contributed by atoms with Crippen molar-refractivity contribution in [3.05, 3.63) is 78.4 Å². The Balaban J connectivity index is 2.30. The van der Waals surface area contributed by atoms with Gasteiger partial charge in [0, 0.05) is 0 Å². The maximum atomic E-state index is 11.3. The lowest BCUT2D eigenvalue weighted by atomic mass is 10.00. The smallest absolute Gasteiger partial charge is 0.336 e. The number of carbonyl (C=O) groups is 1. The molecule has 0 radical (unpaired) electrons. The minimum Gasteiger partial charge on any atom is -0.478 e. The maximum Gasteiger partial charge on any atom is 0.336 e. The summed E-state index contributed by atoms with van der Waals surface area (Å²) in [6, 6.07) is 17.6. The maximum absolute atomic E-state index is 11.3. The van der Waals surface area contributed by atoms with Crippen LogP contribution in [-0.4, -0.2) is 11.1 Å². The van der Waals surface area contributed by atoms with E-state index in [4.69, 9.17) is 0 Å². The molecule has 1 N–H and O–H groups in total. The van der Waals surface area contributed by atoms with Crippen molar-refractivity contribution >= 4 is 11.5 Å². The van der Waals surface area contributed by atoms with Crippen LogP contribution in [0.3, 0.4) is 0 Å². The largest absolute Gasteiger partial charge is 0.478 e. The molecule has 0 saturated carbocycles. The Morgan fingerprint density at radius 1 is 1.00 bits per heavy atom. The molecule has 0 amide bonds. The zero-order chi connectivity index (χ0) is 15.1. The van der Waals surface area contributed by atoms with Gasteiger partial charge in [-0.25, -0.2) is 4.79 Å². The number of allylic oxidation sites excluding steroid dienone is 3. The summed E-state index contributed by atoms with van der Waals surface area (Å²) in [5.41, 5.74) is 3.21. The zero-order valence-corrected chi connectivity index (χ0v) is 12.0. The fourth-order valence-corrected chi connectivity index (χ4v) is 2.06. The minimum atomic E-state index is -0.914. The van der Waals surface area contributed by atoms with Gasteiger partial charge in [0.2, 0.25) is 0 Å².